The maximum atomic E-state index is 14.0. The van der Waals surface area contributed by atoms with Gasteiger partial charge in [0.1, 0.15) is 18.2 Å². The highest BCUT2D eigenvalue weighted by molar-refractivity contribution is 6.30. The zero-order valence-corrected chi connectivity index (χ0v) is 35.9. The summed E-state index contributed by atoms with van der Waals surface area (Å²) in [7, 11) is 0. The molecule has 330 valence electrons. The largest absolute Gasteiger partial charge is 0.387 e. The Hall–Kier alpha value is -5.45. The van der Waals surface area contributed by atoms with Crippen molar-refractivity contribution in [1.82, 2.24) is 35.7 Å². The summed E-state index contributed by atoms with van der Waals surface area (Å²) in [4.78, 5) is 90.9. The number of benzene rings is 2. The van der Waals surface area contributed by atoms with E-state index in [1.165, 1.54) is 6.33 Å². The van der Waals surface area contributed by atoms with Gasteiger partial charge in [-0.15, -0.1) is 0 Å². The minimum absolute atomic E-state index is 0.00276. The third-order valence-electron chi connectivity index (χ3n) is 12.3. The normalized spacial score (nSPS) is 20.2. The number of halogens is 1. The fourth-order valence-corrected chi connectivity index (χ4v) is 9.11. The van der Waals surface area contributed by atoms with Crippen molar-refractivity contribution in [2.45, 2.75) is 95.1 Å². The Kier molecular flexibility index (Phi) is 14.8. The number of hydrogen-bond donors (Lipinski definition) is 5. The fraction of sp³-hybridized carbons (Fsp3) is 0.511. The average molecular weight is 870 g/mol. The molecule has 1 aliphatic carbocycles. The number of amides is 6. The molecule has 6 amide bonds. The van der Waals surface area contributed by atoms with Gasteiger partial charge in [-0.25, -0.2) is 9.97 Å². The molecule has 1 aromatic heterocycles. The predicted molar refractivity (Wildman–Crippen MR) is 233 cm³/mol. The smallest absolute Gasteiger partial charge is 0.264 e. The van der Waals surface area contributed by atoms with Crippen LogP contribution in [0.15, 0.2) is 48.8 Å². The maximum absolute atomic E-state index is 14.0. The van der Waals surface area contributed by atoms with Gasteiger partial charge in [-0.1, -0.05) is 62.4 Å². The van der Waals surface area contributed by atoms with Crippen LogP contribution in [0.2, 0.25) is 5.02 Å². The van der Waals surface area contributed by atoms with Gasteiger partial charge in [0.05, 0.1) is 28.8 Å². The van der Waals surface area contributed by atoms with E-state index in [-0.39, 0.29) is 41.7 Å². The quantitative estimate of drug-likeness (QED) is 0.0855. The Morgan fingerprint density at radius 2 is 1.65 bits per heavy atom. The molecule has 0 radical (unpaired) electrons. The van der Waals surface area contributed by atoms with E-state index in [0.29, 0.717) is 81.6 Å². The number of nitrogens with zero attached hydrogens (tertiary/aromatic N) is 5. The molecule has 16 nitrogen and oxygen atoms in total. The standard InChI is InChI=1S/C45H56ClN9O7/c1-28-25-35(56)40-38(28)41(51-27-50-40)53-21-23-54(24-22-53)43(60)32(29-12-14-30(46)15-13-29)26-47-19-20-49-36(57)11-6-4-2-3-5-7-18-48-33-10-8-9-31-39(33)45(62)55(44(31)61)34-16-17-37(58)52-42(34)59/h8-10,12-15,27-28,32,34-35,47-48,56H,2-7,11,16-26H2,1H3,(H,49,57)(H,52,58,59)/t28-,32-,34?,35-/m1/s1. The lowest BCUT2D eigenvalue weighted by Gasteiger charge is -2.38. The van der Waals surface area contributed by atoms with Gasteiger partial charge in [-0.05, 0) is 61.4 Å². The molecule has 4 heterocycles. The molecule has 0 spiro atoms. The Morgan fingerprint density at radius 1 is 0.903 bits per heavy atom. The summed E-state index contributed by atoms with van der Waals surface area (Å²) in [6.45, 7) is 6.42. The number of aromatic nitrogens is 2. The summed E-state index contributed by atoms with van der Waals surface area (Å²) < 4.78 is 0. The molecule has 0 bridgehead atoms. The van der Waals surface area contributed by atoms with Gasteiger partial charge in [0.2, 0.25) is 23.6 Å². The molecule has 3 aromatic rings. The van der Waals surface area contributed by atoms with Crippen molar-refractivity contribution in [3.8, 4) is 0 Å². The second-order valence-electron chi connectivity index (χ2n) is 16.6. The first kappa shape index (κ1) is 44.6. The highest BCUT2D eigenvalue weighted by Gasteiger charge is 2.45. The number of aliphatic hydroxyl groups is 1. The summed E-state index contributed by atoms with van der Waals surface area (Å²) in [6.07, 6.45) is 7.73. The molecule has 4 atom stereocenters. The number of carbonyl (C=O) groups is 6. The number of unbranched alkanes of at least 4 members (excludes halogenated alkanes) is 5. The van der Waals surface area contributed by atoms with Crippen LogP contribution in [-0.2, 0) is 19.2 Å². The first-order valence-corrected chi connectivity index (χ1v) is 22.3. The van der Waals surface area contributed by atoms with Crippen LogP contribution in [-0.4, -0.2) is 119 Å². The molecule has 2 aromatic carbocycles. The van der Waals surface area contributed by atoms with Crippen molar-refractivity contribution in [2.75, 3.05) is 62.6 Å². The Bertz CT molecular complexity index is 2150. The van der Waals surface area contributed by atoms with Crippen LogP contribution in [0.5, 0.6) is 0 Å². The van der Waals surface area contributed by atoms with E-state index in [1.54, 1.807) is 30.3 Å². The van der Waals surface area contributed by atoms with Crippen LogP contribution in [0.1, 0.15) is 127 Å². The van der Waals surface area contributed by atoms with Crippen molar-refractivity contribution in [1.29, 1.82) is 0 Å². The average Bonchev–Trinajstić information content (AvgIpc) is 3.71. The predicted octanol–water partition coefficient (Wildman–Crippen LogP) is 4.05. The number of anilines is 2. The molecule has 7 rings (SSSR count). The SMILES string of the molecule is C[C@@H]1C[C@@H](O)c2ncnc(N3CCN(C(=O)[C@H](CNCCNC(=O)CCCCCCCCNc4cccc5c4C(=O)N(C4CCC(=O)NC4=O)C5=O)c4ccc(Cl)cc4)CC3)c21. The van der Waals surface area contributed by atoms with Crippen LogP contribution in [0.3, 0.4) is 0 Å². The lowest BCUT2D eigenvalue weighted by molar-refractivity contribution is -0.136. The molecule has 62 heavy (non-hydrogen) atoms. The second-order valence-corrected chi connectivity index (χ2v) is 17.0. The summed E-state index contributed by atoms with van der Waals surface area (Å²) in [5.41, 5.74) is 3.65. The number of piperidine rings is 1. The highest BCUT2D eigenvalue weighted by Crippen LogP contribution is 2.43. The Labute approximate surface area is 366 Å². The van der Waals surface area contributed by atoms with E-state index in [1.807, 2.05) is 17.0 Å². The van der Waals surface area contributed by atoms with E-state index in [9.17, 15) is 33.9 Å². The van der Waals surface area contributed by atoms with Gasteiger partial charge in [0, 0.05) is 81.5 Å². The number of imide groups is 2. The van der Waals surface area contributed by atoms with E-state index < -0.39 is 41.7 Å². The highest BCUT2D eigenvalue weighted by atomic mass is 35.5. The van der Waals surface area contributed by atoms with Crippen LogP contribution < -0.4 is 26.2 Å². The van der Waals surface area contributed by atoms with Gasteiger partial charge in [-0.2, -0.15) is 0 Å². The van der Waals surface area contributed by atoms with Crippen molar-refractivity contribution >= 4 is 58.5 Å². The minimum atomic E-state index is -1.00. The zero-order valence-electron chi connectivity index (χ0n) is 35.2. The molecule has 2 saturated heterocycles. The van der Waals surface area contributed by atoms with E-state index >= 15 is 0 Å². The Morgan fingerprint density at radius 3 is 2.40 bits per heavy atom. The molecular weight excluding hydrogens is 814 g/mol. The van der Waals surface area contributed by atoms with E-state index in [2.05, 4.69) is 43.1 Å². The van der Waals surface area contributed by atoms with Crippen molar-refractivity contribution in [2.24, 2.45) is 0 Å². The topological polar surface area (TPSA) is 206 Å². The van der Waals surface area contributed by atoms with Crippen molar-refractivity contribution < 1.29 is 33.9 Å². The summed E-state index contributed by atoms with van der Waals surface area (Å²) in [5.74, 6) is -1.47. The summed E-state index contributed by atoms with van der Waals surface area (Å²) in [6, 6.07) is 11.4. The van der Waals surface area contributed by atoms with Crippen molar-refractivity contribution in [3.63, 3.8) is 0 Å². The van der Waals surface area contributed by atoms with Crippen LogP contribution in [0, 0.1) is 0 Å². The number of rotatable bonds is 19. The molecule has 1 unspecified atom stereocenters. The van der Waals surface area contributed by atoms with Gasteiger partial charge in [-0.3, -0.25) is 39.0 Å². The monoisotopic (exact) mass is 869 g/mol. The van der Waals surface area contributed by atoms with Gasteiger partial charge >= 0.3 is 0 Å². The molecule has 17 heteroatoms. The van der Waals surface area contributed by atoms with Crippen molar-refractivity contribution in [3.05, 3.63) is 81.8 Å². The summed E-state index contributed by atoms with van der Waals surface area (Å²) in [5, 5.41) is 22.9. The third-order valence-corrected chi connectivity index (χ3v) is 12.6. The summed E-state index contributed by atoms with van der Waals surface area (Å²) >= 11 is 6.18. The third kappa shape index (κ3) is 10.2. The van der Waals surface area contributed by atoms with E-state index in [4.69, 9.17) is 11.6 Å². The van der Waals surface area contributed by atoms with Gasteiger partial charge in [0.25, 0.3) is 11.8 Å². The van der Waals surface area contributed by atoms with Gasteiger partial charge < -0.3 is 30.9 Å². The zero-order chi connectivity index (χ0) is 43.8. The molecule has 4 aliphatic rings. The molecule has 2 fully saturated rings. The van der Waals surface area contributed by atoms with Crippen LogP contribution in [0.25, 0.3) is 0 Å². The number of aliphatic hydroxyl groups excluding tert-OH is 1. The molecule has 0 saturated carbocycles. The first-order chi connectivity index (χ1) is 30.0. The maximum Gasteiger partial charge on any atom is 0.264 e. The number of piperazine rings is 1. The number of hydrogen-bond acceptors (Lipinski definition) is 12. The molecular formula is C45H56ClN9O7. The van der Waals surface area contributed by atoms with Gasteiger partial charge in [0.15, 0.2) is 0 Å². The number of nitrogens with one attached hydrogen (secondary N) is 4. The lowest BCUT2D eigenvalue weighted by Crippen LogP contribution is -2.54. The number of fused-ring (bicyclic) bond motifs is 2. The first-order valence-electron chi connectivity index (χ1n) is 21.9. The van der Waals surface area contributed by atoms with Crippen LogP contribution >= 0.6 is 11.6 Å². The Balaban J connectivity index is 0.766. The molecule has 3 aliphatic heterocycles. The van der Waals surface area contributed by atoms with Crippen LogP contribution in [0.4, 0.5) is 11.5 Å². The fourth-order valence-electron chi connectivity index (χ4n) is 8.98. The number of carbonyl (C=O) groups excluding carboxylic acids is 6. The minimum Gasteiger partial charge on any atom is -0.387 e. The van der Waals surface area contributed by atoms with E-state index in [0.717, 1.165) is 60.4 Å². The molecule has 5 N–H and O–H groups in total. The second kappa shape index (κ2) is 20.6. The lowest BCUT2D eigenvalue weighted by atomic mass is 9.97.